The summed E-state index contributed by atoms with van der Waals surface area (Å²) in [6.45, 7) is 7.75. The van der Waals surface area contributed by atoms with Crippen molar-refractivity contribution >= 4 is 0 Å². The molecule has 1 aliphatic heterocycles. The molecule has 2 aliphatic rings. The minimum absolute atomic E-state index is 0.465. The number of rotatable bonds is 7. The van der Waals surface area contributed by atoms with Gasteiger partial charge in [-0.25, -0.2) is 0 Å². The highest BCUT2D eigenvalue weighted by atomic mass is 16.5. The van der Waals surface area contributed by atoms with Gasteiger partial charge in [-0.05, 0) is 38.1 Å². The molecule has 1 aliphatic carbocycles. The topological polar surface area (TPSA) is 21.3 Å². The molecule has 2 fully saturated rings. The molecule has 0 radical (unpaired) electrons. The Hall–Kier alpha value is -0.0800. The van der Waals surface area contributed by atoms with E-state index in [1.165, 1.54) is 45.1 Å². The van der Waals surface area contributed by atoms with Gasteiger partial charge in [-0.15, -0.1) is 0 Å². The summed E-state index contributed by atoms with van der Waals surface area (Å²) in [4.78, 5) is 0. The molecule has 1 saturated carbocycles. The normalized spacial score (nSPS) is 34.5. The zero-order valence-corrected chi connectivity index (χ0v) is 10.9. The van der Waals surface area contributed by atoms with Crippen molar-refractivity contribution in [2.75, 3.05) is 19.7 Å². The Morgan fingerprint density at radius 1 is 1.31 bits per heavy atom. The molecule has 0 aromatic rings. The molecule has 2 heteroatoms. The molecule has 0 bridgehead atoms. The molecule has 1 N–H and O–H groups in total. The Morgan fingerprint density at radius 2 is 2.12 bits per heavy atom. The molecule has 2 unspecified atom stereocenters. The molecule has 0 spiro atoms. The predicted octanol–water partition coefficient (Wildman–Crippen LogP) is 2.97. The molecule has 0 aromatic carbocycles. The summed E-state index contributed by atoms with van der Waals surface area (Å²) in [6, 6.07) is 0. The molecule has 2 rings (SSSR count). The number of nitrogens with one attached hydrogen (secondary N) is 1. The Kier molecular flexibility index (Phi) is 4.26. The minimum atomic E-state index is 0.465. The third kappa shape index (κ3) is 2.60. The van der Waals surface area contributed by atoms with Crippen molar-refractivity contribution in [3.8, 4) is 0 Å². The molecular weight excluding hydrogens is 198 g/mol. The van der Waals surface area contributed by atoms with Crippen molar-refractivity contribution in [2.24, 2.45) is 11.3 Å². The lowest BCUT2D eigenvalue weighted by molar-refractivity contribution is 0.0257. The van der Waals surface area contributed by atoms with E-state index in [0.29, 0.717) is 11.5 Å². The van der Waals surface area contributed by atoms with Gasteiger partial charge in [-0.1, -0.05) is 26.7 Å². The number of ether oxygens (including phenoxy) is 1. The first-order chi connectivity index (χ1) is 7.82. The average molecular weight is 225 g/mol. The Bertz CT molecular complexity index is 205. The fraction of sp³-hybridized carbons (Fsp3) is 1.00. The van der Waals surface area contributed by atoms with E-state index in [1.54, 1.807) is 0 Å². The van der Waals surface area contributed by atoms with Gasteiger partial charge in [0.2, 0.25) is 0 Å². The first-order valence-electron chi connectivity index (χ1n) is 7.14. The van der Waals surface area contributed by atoms with Crippen molar-refractivity contribution in [2.45, 2.75) is 58.5 Å². The van der Waals surface area contributed by atoms with Crippen LogP contribution in [0.25, 0.3) is 0 Å². The number of unbranched alkanes of at least 4 members (excludes halogenated alkanes) is 1. The van der Waals surface area contributed by atoms with Crippen LogP contribution >= 0.6 is 0 Å². The van der Waals surface area contributed by atoms with Crippen LogP contribution in [0.1, 0.15) is 52.4 Å². The van der Waals surface area contributed by atoms with Crippen LogP contribution in [0.4, 0.5) is 0 Å². The van der Waals surface area contributed by atoms with E-state index in [-0.39, 0.29) is 0 Å². The Balaban J connectivity index is 1.98. The molecular formula is C14H27NO. The molecule has 2 nitrogen and oxygen atoms in total. The van der Waals surface area contributed by atoms with E-state index in [9.17, 15) is 0 Å². The summed E-state index contributed by atoms with van der Waals surface area (Å²) in [7, 11) is 0. The largest absolute Gasteiger partial charge is 0.377 e. The molecule has 16 heavy (non-hydrogen) atoms. The lowest BCUT2D eigenvalue weighted by Gasteiger charge is -2.34. The van der Waals surface area contributed by atoms with Gasteiger partial charge in [-0.3, -0.25) is 0 Å². The monoisotopic (exact) mass is 225 g/mol. The maximum atomic E-state index is 6.05. The summed E-state index contributed by atoms with van der Waals surface area (Å²) in [6.07, 6.45) is 8.69. The van der Waals surface area contributed by atoms with Gasteiger partial charge in [0.25, 0.3) is 0 Å². The summed E-state index contributed by atoms with van der Waals surface area (Å²) in [5, 5.41) is 3.57. The van der Waals surface area contributed by atoms with Crippen LogP contribution in [0.15, 0.2) is 0 Å². The molecule has 94 valence electrons. The lowest BCUT2D eigenvalue weighted by Crippen LogP contribution is -2.41. The second-order valence-electron chi connectivity index (χ2n) is 5.63. The third-order valence-corrected chi connectivity index (χ3v) is 4.31. The fourth-order valence-electron chi connectivity index (χ4n) is 3.19. The fourth-order valence-corrected chi connectivity index (χ4v) is 3.19. The van der Waals surface area contributed by atoms with E-state index >= 15 is 0 Å². The van der Waals surface area contributed by atoms with Crippen molar-refractivity contribution in [1.29, 1.82) is 0 Å². The smallest absolute Gasteiger partial charge is 0.0672 e. The van der Waals surface area contributed by atoms with Crippen LogP contribution in [0.2, 0.25) is 0 Å². The summed E-state index contributed by atoms with van der Waals surface area (Å²) < 4.78 is 6.05. The van der Waals surface area contributed by atoms with E-state index in [0.717, 1.165) is 19.1 Å². The van der Waals surface area contributed by atoms with Crippen LogP contribution in [-0.4, -0.2) is 25.8 Å². The molecule has 2 atom stereocenters. The second-order valence-corrected chi connectivity index (χ2v) is 5.63. The standard InChI is InChI=1S/C14H27NO/c1-3-5-8-14(11-15-4-2)9-10-16-13(14)12-6-7-12/h12-13,15H,3-11H2,1-2H3. The maximum Gasteiger partial charge on any atom is 0.0672 e. The Labute approximate surface area is 100 Å². The van der Waals surface area contributed by atoms with Gasteiger partial charge >= 0.3 is 0 Å². The van der Waals surface area contributed by atoms with Crippen LogP contribution in [0.5, 0.6) is 0 Å². The average Bonchev–Trinajstić information content (AvgIpc) is 3.06. The van der Waals surface area contributed by atoms with Crippen molar-refractivity contribution in [1.82, 2.24) is 5.32 Å². The molecule has 1 saturated heterocycles. The quantitative estimate of drug-likeness (QED) is 0.719. The van der Waals surface area contributed by atoms with Crippen LogP contribution in [0, 0.1) is 11.3 Å². The van der Waals surface area contributed by atoms with E-state index in [2.05, 4.69) is 19.2 Å². The van der Waals surface area contributed by atoms with Crippen LogP contribution in [0.3, 0.4) is 0 Å². The second kappa shape index (κ2) is 5.50. The van der Waals surface area contributed by atoms with Gasteiger partial charge in [0.15, 0.2) is 0 Å². The van der Waals surface area contributed by atoms with Crippen LogP contribution in [-0.2, 0) is 4.74 Å². The molecule has 0 aromatic heterocycles. The van der Waals surface area contributed by atoms with E-state index < -0.39 is 0 Å². The summed E-state index contributed by atoms with van der Waals surface area (Å²) >= 11 is 0. The van der Waals surface area contributed by atoms with E-state index in [4.69, 9.17) is 4.74 Å². The number of hydrogen-bond acceptors (Lipinski definition) is 2. The van der Waals surface area contributed by atoms with E-state index in [1.807, 2.05) is 0 Å². The first kappa shape index (κ1) is 12.4. The third-order valence-electron chi connectivity index (χ3n) is 4.31. The number of hydrogen-bond donors (Lipinski definition) is 1. The van der Waals surface area contributed by atoms with Crippen molar-refractivity contribution < 1.29 is 4.74 Å². The highest BCUT2D eigenvalue weighted by Crippen LogP contribution is 2.49. The summed E-state index contributed by atoms with van der Waals surface area (Å²) in [5.74, 6) is 0.887. The highest BCUT2D eigenvalue weighted by molar-refractivity contribution is 5.00. The van der Waals surface area contributed by atoms with Crippen LogP contribution < -0.4 is 5.32 Å². The van der Waals surface area contributed by atoms with Gasteiger partial charge in [0, 0.05) is 18.6 Å². The zero-order valence-electron chi connectivity index (χ0n) is 10.9. The summed E-state index contributed by atoms with van der Waals surface area (Å²) in [5.41, 5.74) is 0.465. The maximum absolute atomic E-state index is 6.05. The SMILES string of the molecule is CCCCC1(CNCC)CCOC1C1CC1. The van der Waals surface area contributed by atoms with Crippen molar-refractivity contribution in [3.63, 3.8) is 0 Å². The van der Waals surface area contributed by atoms with Gasteiger partial charge < -0.3 is 10.1 Å². The highest BCUT2D eigenvalue weighted by Gasteiger charge is 2.49. The zero-order chi connectivity index (χ0) is 11.4. The van der Waals surface area contributed by atoms with Gasteiger partial charge in [0.05, 0.1) is 6.10 Å². The minimum Gasteiger partial charge on any atom is -0.377 e. The first-order valence-corrected chi connectivity index (χ1v) is 7.14. The van der Waals surface area contributed by atoms with Gasteiger partial charge in [0.1, 0.15) is 0 Å². The van der Waals surface area contributed by atoms with Gasteiger partial charge in [-0.2, -0.15) is 0 Å². The van der Waals surface area contributed by atoms with Crippen molar-refractivity contribution in [3.05, 3.63) is 0 Å². The lowest BCUT2D eigenvalue weighted by atomic mass is 9.74. The predicted molar refractivity (Wildman–Crippen MR) is 67.6 cm³/mol. The molecule has 1 heterocycles. The molecule has 0 amide bonds. The Morgan fingerprint density at radius 3 is 2.75 bits per heavy atom.